The van der Waals surface area contributed by atoms with Crippen molar-refractivity contribution in [2.24, 2.45) is 0 Å². The monoisotopic (exact) mass is 305 g/mol. The summed E-state index contributed by atoms with van der Waals surface area (Å²) >= 11 is 1.74. The fraction of sp³-hybridized carbons (Fsp3) is 0.556. The Bertz CT molecular complexity index is 721. The summed E-state index contributed by atoms with van der Waals surface area (Å²) in [6.07, 6.45) is 4.83. The van der Waals surface area contributed by atoms with Crippen LogP contribution in [0.25, 0.3) is 10.9 Å². The molecule has 0 bridgehead atoms. The Morgan fingerprint density at radius 3 is 3.05 bits per heavy atom. The van der Waals surface area contributed by atoms with Gasteiger partial charge in [-0.15, -0.1) is 11.8 Å². The summed E-state index contributed by atoms with van der Waals surface area (Å²) in [6.45, 7) is 3.08. The Hall–Kier alpha value is -0.930. The van der Waals surface area contributed by atoms with Gasteiger partial charge in [-0.3, -0.25) is 0 Å². The van der Waals surface area contributed by atoms with Crippen LogP contribution >= 0.6 is 11.8 Å². The van der Waals surface area contributed by atoms with Crippen molar-refractivity contribution in [2.45, 2.75) is 50.0 Å². The van der Waals surface area contributed by atoms with Crippen molar-refractivity contribution in [3.63, 3.8) is 0 Å². The highest BCUT2D eigenvalue weighted by Gasteiger charge is 2.24. The molecule has 0 radical (unpaired) electrons. The molecule has 0 saturated carbocycles. The predicted octanol–water partition coefficient (Wildman–Crippen LogP) is 4.65. The normalized spacial score (nSPS) is 22.7. The van der Waals surface area contributed by atoms with Crippen LogP contribution in [0, 0.1) is 0 Å². The van der Waals surface area contributed by atoms with Crippen LogP contribution in [0.1, 0.15) is 48.0 Å². The van der Waals surface area contributed by atoms with Gasteiger partial charge >= 0.3 is 0 Å². The lowest BCUT2D eigenvalue weighted by molar-refractivity contribution is 0.309. The van der Waals surface area contributed by atoms with Crippen LogP contribution in [0.15, 0.2) is 23.1 Å². The molecular weight excluding hydrogens is 276 g/mol. The van der Waals surface area contributed by atoms with Gasteiger partial charge in [-0.2, -0.15) is 0 Å². The number of rotatable bonds is 4. The zero-order valence-corrected chi connectivity index (χ0v) is 13.9. The number of nitrogens with zero attached hydrogens (tertiary/aromatic N) is 1. The molecule has 3 heteroatoms. The lowest BCUT2D eigenvalue weighted by Gasteiger charge is -2.20. The smallest absolute Gasteiger partial charge is 0.0459 e. The van der Waals surface area contributed by atoms with E-state index in [9.17, 15) is 0 Å². The molecule has 3 rings (SSSR count). The maximum absolute atomic E-state index is 7.80. The van der Waals surface area contributed by atoms with Crippen LogP contribution in [0.4, 0.5) is 0 Å². The van der Waals surface area contributed by atoms with E-state index < -0.39 is 6.98 Å². The highest BCUT2D eigenvalue weighted by Crippen LogP contribution is 2.33. The number of likely N-dealkylation sites (tertiary alicyclic amines) is 1. The average molecular weight is 306 g/mol. The first-order valence-corrected chi connectivity index (χ1v) is 8.99. The van der Waals surface area contributed by atoms with Gasteiger partial charge in [0.25, 0.3) is 0 Å². The lowest BCUT2D eigenvalue weighted by atomic mass is 9.96. The number of hydrogen-bond donors (Lipinski definition) is 1. The quantitative estimate of drug-likeness (QED) is 0.829. The Labute approximate surface area is 136 Å². The van der Waals surface area contributed by atoms with Gasteiger partial charge in [0, 0.05) is 31.6 Å². The van der Waals surface area contributed by atoms with Crippen molar-refractivity contribution in [2.75, 3.05) is 19.8 Å². The molecule has 1 aliphatic rings. The molecule has 0 aliphatic carbocycles. The predicted molar refractivity (Wildman–Crippen MR) is 93.5 cm³/mol. The lowest BCUT2D eigenvalue weighted by Crippen LogP contribution is -2.27. The Balaban J connectivity index is 2.02. The summed E-state index contributed by atoms with van der Waals surface area (Å²) < 4.78 is 23.4. The van der Waals surface area contributed by atoms with Gasteiger partial charge in [-0.1, -0.05) is 13.8 Å². The van der Waals surface area contributed by atoms with E-state index in [2.05, 4.69) is 43.3 Å². The first-order valence-electron chi connectivity index (χ1n) is 9.26. The first kappa shape index (κ1) is 11.6. The SMILES string of the molecule is [2H]C([2H])([2H])N1CCC[C@@H]1Cc1c(C(C)C)[nH]c2ccc(SC)cc12. The van der Waals surface area contributed by atoms with E-state index in [0.717, 1.165) is 24.8 Å². The second-order valence-corrected chi connectivity index (χ2v) is 7.16. The second-order valence-electron chi connectivity index (χ2n) is 6.28. The molecule has 0 unspecified atom stereocenters. The fourth-order valence-corrected chi connectivity index (χ4v) is 3.81. The van der Waals surface area contributed by atoms with E-state index in [4.69, 9.17) is 4.11 Å². The Morgan fingerprint density at radius 1 is 1.48 bits per heavy atom. The van der Waals surface area contributed by atoms with Crippen LogP contribution in [0.2, 0.25) is 0 Å². The highest BCUT2D eigenvalue weighted by atomic mass is 32.2. The number of fused-ring (bicyclic) bond motifs is 1. The largest absolute Gasteiger partial charge is 0.358 e. The van der Waals surface area contributed by atoms with Gasteiger partial charge in [-0.25, -0.2) is 0 Å². The summed E-state index contributed by atoms with van der Waals surface area (Å²) in [5.41, 5.74) is 3.71. The second kappa shape index (κ2) is 6.05. The summed E-state index contributed by atoms with van der Waals surface area (Å²) in [5, 5.41) is 1.25. The van der Waals surface area contributed by atoms with Crippen molar-refractivity contribution < 1.29 is 4.11 Å². The molecule has 1 fully saturated rings. The van der Waals surface area contributed by atoms with E-state index in [0.29, 0.717) is 12.5 Å². The van der Waals surface area contributed by atoms with E-state index in [-0.39, 0.29) is 6.04 Å². The number of nitrogens with one attached hydrogen (secondary N) is 1. The van der Waals surface area contributed by atoms with Crippen molar-refractivity contribution >= 4 is 22.7 Å². The third-order valence-electron chi connectivity index (χ3n) is 4.54. The van der Waals surface area contributed by atoms with Crippen molar-refractivity contribution in [3.8, 4) is 0 Å². The molecule has 21 heavy (non-hydrogen) atoms. The van der Waals surface area contributed by atoms with Gasteiger partial charge in [0.1, 0.15) is 0 Å². The molecule has 1 N–H and O–H groups in total. The topological polar surface area (TPSA) is 19.0 Å². The molecule has 1 aromatic carbocycles. The number of benzene rings is 1. The van der Waals surface area contributed by atoms with Crippen molar-refractivity contribution in [1.82, 2.24) is 9.88 Å². The zero-order valence-electron chi connectivity index (χ0n) is 16.1. The maximum atomic E-state index is 7.80. The average Bonchev–Trinajstić information content (AvgIpc) is 3.12. The van der Waals surface area contributed by atoms with Crippen molar-refractivity contribution in [1.29, 1.82) is 0 Å². The summed E-state index contributed by atoms with van der Waals surface area (Å²) in [5.74, 6) is 0.396. The number of aromatic nitrogens is 1. The maximum Gasteiger partial charge on any atom is 0.0459 e. The number of hydrogen-bond acceptors (Lipinski definition) is 2. The number of likely N-dealkylation sites (N-methyl/N-ethyl adjacent to an activating group) is 1. The molecule has 1 aromatic heterocycles. The minimum atomic E-state index is -1.99. The molecule has 2 nitrogen and oxygen atoms in total. The van der Waals surface area contributed by atoms with E-state index in [1.165, 1.54) is 21.5 Å². The van der Waals surface area contributed by atoms with Gasteiger partial charge in [0.2, 0.25) is 0 Å². The molecule has 0 amide bonds. The molecule has 1 saturated heterocycles. The molecule has 2 aromatic rings. The van der Waals surface area contributed by atoms with Gasteiger partial charge in [0.15, 0.2) is 0 Å². The van der Waals surface area contributed by atoms with Crippen molar-refractivity contribution in [3.05, 3.63) is 29.5 Å². The van der Waals surface area contributed by atoms with Crippen LogP contribution < -0.4 is 0 Å². The van der Waals surface area contributed by atoms with Gasteiger partial charge in [0.05, 0.1) is 0 Å². The summed E-state index contributed by atoms with van der Waals surface area (Å²) in [6, 6.07) is 6.63. The Morgan fingerprint density at radius 2 is 2.33 bits per heavy atom. The zero-order chi connectivity index (χ0) is 17.5. The Kier molecular flexibility index (Phi) is 3.35. The highest BCUT2D eigenvalue weighted by molar-refractivity contribution is 7.98. The minimum Gasteiger partial charge on any atom is -0.358 e. The van der Waals surface area contributed by atoms with Gasteiger partial charge < -0.3 is 9.88 Å². The molecule has 1 atom stereocenters. The van der Waals surface area contributed by atoms with E-state index in [1.807, 2.05) is 0 Å². The van der Waals surface area contributed by atoms with E-state index >= 15 is 0 Å². The number of H-pyrrole nitrogens is 1. The molecule has 114 valence electrons. The summed E-state index contributed by atoms with van der Waals surface area (Å²) in [4.78, 5) is 6.54. The molecule has 1 aliphatic heterocycles. The van der Waals surface area contributed by atoms with Crippen LogP contribution in [-0.4, -0.2) is 35.7 Å². The summed E-state index contributed by atoms with van der Waals surface area (Å²) in [7, 11) is 0. The molecular formula is C18H26N2S. The van der Waals surface area contributed by atoms with E-state index in [1.54, 1.807) is 16.7 Å². The molecule has 0 spiro atoms. The first-order chi connectivity index (χ1) is 11.3. The minimum absolute atomic E-state index is 0.104. The van der Waals surface area contributed by atoms with Crippen LogP contribution in [-0.2, 0) is 6.42 Å². The third kappa shape index (κ3) is 2.86. The van der Waals surface area contributed by atoms with Gasteiger partial charge in [-0.05, 0) is 68.7 Å². The van der Waals surface area contributed by atoms with Crippen LogP contribution in [0.3, 0.4) is 0 Å². The van der Waals surface area contributed by atoms with Crippen LogP contribution in [0.5, 0.6) is 0 Å². The molecule has 2 heterocycles. The number of thioether (sulfide) groups is 1. The fourth-order valence-electron chi connectivity index (χ4n) is 3.37. The standard InChI is InChI=1S/C18H26N2S/c1-12(2)18-16(10-13-6-5-9-20(13)3)15-11-14(21-4)7-8-17(15)19-18/h7-8,11-13,19H,5-6,9-10H2,1-4H3/t13-/m1/s1/i3D3. The number of aromatic amines is 1. The third-order valence-corrected chi connectivity index (χ3v) is 5.27.